The lowest BCUT2D eigenvalue weighted by atomic mass is 10.1. The Morgan fingerprint density at radius 3 is 2.52 bits per heavy atom. The molecule has 4 rings (SSSR count). The van der Waals surface area contributed by atoms with Crippen molar-refractivity contribution in [2.45, 2.75) is 19.8 Å². The summed E-state index contributed by atoms with van der Waals surface area (Å²) in [5.41, 5.74) is 3.73. The smallest absolute Gasteiger partial charge is 0.253 e. The van der Waals surface area contributed by atoms with Crippen LogP contribution in [-0.2, 0) is 0 Å². The Balaban J connectivity index is 1.78. The van der Waals surface area contributed by atoms with E-state index < -0.39 is 0 Å². The highest BCUT2D eigenvalue weighted by atomic mass is 16.2. The minimum absolute atomic E-state index is 0.122. The normalized spacial score (nSPS) is 14.6. The first-order valence-corrected chi connectivity index (χ1v) is 8.08. The lowest BCUT2D eigenvalue weighted by molar-refractivity contribution is 0.0793. The van der Waals surface area contributed by atoms with Crippen LogP contribution in [0.1, 0.15) is 29.0 Å². The second-order valence-corrected chi connectivity index (χ2v) is 6.03. The van der Waals surface area contributed by atoms with Gasteiger partial charge in [0.05, 0.1) is 11.0 Å². The van der Waals surface area contributed by atoms with Crippen LogP contribution in [0.4, 0.5) is 0 Å². The van der Waals surface area contributed by atoms with Crippen LogP contribution < -0.4 is 0 Å². The fraction of sp³-hybridized carbons (Fsp3) is 0.263. The molecule has 2 heterocycles. The van der Waals surface area contributed by atoms with Gasteiger partial charge < -0.3 is 4.90 Å². The number of rotatable bonds is 2. The third-order valence-corrected chi connectivity index (χ3v) is 4.48. The van der Waals surface area contributed by atoms with E-state index in [9.17, 15) is 4.79 Å². The first-order valence-electron chi connectivity index (χ1n) is 8.08. The first kappa shape index (κ1) is 14.0. The molecule has 0 atom stereocenters. The number of para-hydroxylation sites is 1. The van der Waals surface area contributed by atoms with Crippen molar-refractivity contribution in [1.29, 1.82) is 0 Å². The molecule has 2 aromatic carbocycles. The molecule has 4 nitrogen and oxygen atoms in total. The topological polar surface area (TPSA) is 38.1 Å². The van der Waals surface area contributed by atoms with Crippen LogP contribution in [0, 0.1) is 6.92 Å². The van der Waals surface area contributed by atoms with E-state index in [0.717, 1.165) is 54.0 Å². The third-order valence-electron chi connectivity index (χ3n) is 4.48. The maximum Gasteiger partial charge on any atom is 0.253 e. The van der Waals surface area contributed by atoms with Crippen molar-refractivity contribution in [2.75, 3.05) is 13.1 Å². The maximum absolute atomic E-state index is 12.5. The number of hydrogen-bond donors (Lipinski definition) is 0. The summed E-state index contributed by atoms with van der Waals surface area (Å²) in [6.45, 7) is 3.73. The minimum atomic E-state index is 0.122. The largest absolute Gasteiger partial charge is 0.339 e. The Morgan fingerprint density at radius 1 is 1.04 bits per heavy atom. The molecule has 23 heavy (non-hydrogen) atoms. The minimum Gasteiger partial charge on any atom is -0.339 e. The van der Waals surface area contributed by atoms with E-state index in [1.54, 1.807) is 0 Å². The third kappa shape index (κ3) is 2.40. The van der Waals surface area contributed by atoms with Crippen LogP contribution >= 0.6 is 0 Å². The molecule has 0 N–H and O–H groups in total. The number of aromatic nitrogens is 2. The van der Waals surface area contributed by atoms with E-state index in [1.807, 2.05) is 48.2 Å². The first-order chi connectivity index (χ1) is 11.2. The summed E-state index contributed by atoms with van der Waals surface area (Å²) in [5, 5.41) is 0. The Kier molecular flexibility index (Phi) is 3.37. The summed E-state index contributed by atoms with van der Waals surface area (Å²) < 4.78 is 2.12. The fourth-order valence-corrected chi connectivity index (χ4v) is 3.34. The van der Waals surface area contributed by atoms with Crippen molar-refractivity contribution < 1.29 is 4.79 Å². The van der Waals surface area contributed by atoms with Gasteiger partial charge in [0.2, 0.25) is 0 Å². The molecule has 0 aliphatic carbocycles. The summed E-state index contributed by atoms with van der Waals surface area (Å²) in [5.74, 6) is 1.05. The Morgan fingerprint density at radius 2 is 1.78 bits per heavy atom. The van der Waals surface area contributed by atoms with Crippen molar-refractivity contribution in [3.05, 3.63) is 59.9 Å². The maximum atomic E-state index is 12.5. The van der Waals surface area contributed by atoms with Crippen LogP contribution in [0.5, 0.6) is 0 Å². The quantitative estimate of drug-likeness (QED) is 0.726. The summed E-state index contributed by atoms with van der Waals surface area (Å²) >= 11 is 0. The Labute approximate surface area is 135 Å². The van der Waals surface area contributed by atoms with E-state index in [2.05, 4.69) is 21.7 Å². The summed E-state index contributed by atoms with van der Waals surface area (Å²) in [6.07, 6.45) is 2.21. The molecular formula is C19H19N3O. The SMILES string of the molecule is Cc1nc2cc(C(=O)N3CCCC3)ccc2n1-c1ccccc1. The van der Waals surface area contributed by atoms with Crippen LogP contribution in [0.15, 0.2) is 48.5 Å². The van der Waals surface area contributed by atoms with Crippen molar-refractivity contribution >= 4 is 16.9 Å². The van der Waals surface area contributed by atoms with Gasteiger partial charge in [-0.15, -0.1) is 0 Å². The average Bonchev–Trinajstić information content (AvgIpc) is 3.21. The standard InChI is InChI=1S/C19H19N3O/c1-14-20-17-13-15(19(23)21-11-5-6-12-21)9-10-18(17)22(14)16-7-3-2-4-8-16/h2-4,7-10,13H,5-6,11-12H2,1H3. The second kappa shape index (κ2) is 5.54. The molecule has 116 valence electrons. The van der Waals surface area contributed by atoms with Gasteiger partial charge >= 0.3 is 0 Å². The zero-order valence-electron chi connectivity index (χ0n) is 13.2. The number of likely N-dealkylation sites (tertiary alicyclic amines) is 1. The van der Waals surface area contributed by atoms with Crippen molar-refractivity contribution in [3.63, 3.8) is 0 Å². The lowest BCUT2D eigenvalue weighted by Gasteiger charge is -2.15. The number of benzene rings is 2. The van der Waals surface area contributed by atoms with E-state index >= 15 is 0 Å². The molecule has 1 aliphatic heterocycles. The van der Waals surface area contributed by atoms with Crippen molar-refractivity contribution in [2.24, 2.45) is 0 Å². The van der Waals surface area contributed by atoms with E-state index in [0.29, 0.717) is 0 Å². The zero-order chi connectivity index (χ0) is 15.8. The molecule has 1 saturated heterocycles. The molecule has 0 bridgehead atoms. The van der Waals surface area contributed by atoms with Gasteiger partial charge in [-0.05, 0) is 50.1 Å². The number of carbonyl (C=O) groups is 1. The van der Waals surface area contributed by atoms with Gasteiger partial charge in [-0.2, -0.15) is 0 Å². The van der Waals surface area contributed by atoms with Gasteiger partial charge in [0.15, 0.2) is 0 Å². The van der Waals surface area contributed by atoms with Gasteiger partial charge in [-0.1, -0.05) is 18.2 Å². The van der Waals surface area contributed by atoms with Crippen LogP contribution in [0.25, 0.3) is 16.7 Å². The second-order valence-electron chi connectivity index (χ2n) is 6.03. The zero-order valence-corrected chi connectivity index (χ0v) is 13.2. The van der Waals surface area contributed by atoms with Gasteiger partial charge in [0, 0.05) is 24.3 Å². The molecule has 0 spiro atoms. The van der Waals surface area contributed by atoms with Crippen molar-refractivity contribution in [1.82, 2.24) is 14.5 Å². The highest BCUT2D eigenvalue weighted by Gasteiger charge is 2.20. The summed E-state index contributed by atoms with van der Waals surface area (Å²) in [6, 6.07) is 16.0. The predicted octanol–water partition coefficient (Wildman–Crippen LogP) is 3.57. The molecule has 4 heteroatoms. The van der Waals surface area contributed by atoms with Crippen LogP contribution in [0.3, 0.4) is 0 Å². The number of imidazole rings is 1. The van der Waals surface area contributed by atoms with Gasteiger partial charge in [-0.25, -0.2) is 4.98 Å². The summed E-state index contributed by atoms with van der Waals surface area (Å²) in [4.78, 5) is 19.1. The molecule has 3 aromatic rings. The van der Waals surface area contributed by atoms with E-state index in [1.165, 1.54) is 0 Å². The van der Waals surface area contributed by atoms with Gasteiger partial charge in [0.25, 0.3) is 5.91 Å². The highest BCUT2D eigenvalue weighted by Crippen LogP contribution is 2.23. The molecule has 0 saturated carbocycles. The number of amides is 1. The van der Waals surface area contributed by atoms with Gasteiger partial charge in [-0.3, -0.25) is 9.36 Å². The Bertz CT molecular complexity index is 861. The molecule has 1 aliphatic rings. The molecular weight excluding hydrogens is 286 g/mol. The molecule has 1 aromatic heterocycles. The fourth-order valence-electron chi connectivity index (χ4n) is 3.34. The van der Waals surface area contributed by atoms with Gasteiger partial charge in [0.1, 0.15) is 5.82 Å². The van der Waals surface area contributed by atoms with Crippen molar-refractivity contribution in [3.8, 4) is 5.69 Å². The van der Waals surface area contributed by atoms with E-state index in [4.69, 9.17) is 0 Å². The number of nitrogens with zero attached hydrogens (tertiary/aromatic N) is 3. The number of aryl methyl sites for hydroxylation is 1. The molecule has 0 unspecified atom stereocenters. The molecule has 0 radical (unpaired) electrons. The monoisotopic (exact) mass is 305 g/mol. The van der Waals surface area contributed by atoms with Crippen LogP contribution in [0.2, 0.25) is 0 Å². The average molecular weight is 305 g/mol. The van der Waals surface area contributed by atoms with Crippen LogP contribution in [-0.4, -0.2) is 33.4 Å². The molecule has 1 amide bonds. The highest BCUT2D eigenvalue weighted by molar-refractivity contribution is 5.97. The lowest BCUT2D eigenvalue weighted by Crippen LogP contribution is -2.27. The number of hydrogen-bond acceptors (Lipinski definition) is 2. The van der Waals surface area contributed by atoms with E-state index in [-0.39, 0.29) is 5.91 Å². The predicted molar refractivity (Wildman–Crippen MR) is 90.9 cm³/mol. The molecule has 1 fully saturated rings. The summed E-state index contributed by atoms with van der Waals surface area (Å²) in [7, 11) is 0. The Hall–Kier alpha value is -2.62. The number of carbonyl (C=O) groups excluding carboxylic acids is 1. The number of fused-ring (bicyclic) bond motifs is 1.